The van der Waals surface area contributed by atoms with Crippen LogP contribution >= 0.6 is 0 Å². The van der Waals surface area contributed by atoms with Gasteiger partial charge in [0.25, 0.3) is 0 Å². The normalized spacial score (nSPS) is 11.3. The number of methoxy groups -OCH3 is 1. The molecule has 0 saturated carbocycles. The molecule has 0 atom stereocenters. The number of hydrogen-bond acceptors (Lipinski definition) is 3. The third kappa shape index (κ3) is 4.21. The summed E-state index contributed by atoms with van der Waals surface area (Å²) in [5, 5.41) is 8.69. The van der Waals surface area contributed by atoms with Crippen molar-refractivity contribution in [2.75, 3.05) is 7.11 Å². The van der Waals surface area contributed by atoms with E-state index in [9.17, 15) is 18.0 Å². The van der Waals surface area contributed by atoms with Gasteiger partial charge in [-0.05, 0) is 35.7 Å². The lowest BCUT2D eigenvalue weighted by atomic mass is 10.0. The Balaban J connectivity index is 2.38. The molecular weight excluding hydrogens is 311 g/mol. The summed E-state index contributed by atoms with van der Waals surface area (Å²) in [5.41, 5.74) is 0.603. The molecule has 0 spiro atoms. The molecule has 0 unspecified atom stereocenters. The van der Waals surface area contributed by atoms with Gasteiger partial charge in [-0.25, -0.2) is 0 Å². The molecule has 1 aromatic carbocycles. The highest BCUT2D eigenvalue weighted by molar-refractivity contribution is 5.68. The van der Waals surface area contributed by atoms with Gasteiger partial charge in [-0.2, -0.15) is 13.2 Å². The minimum Gasteiger partial charge on any atom is -0.496 e. The summed E-state index contributed by atoms with van der Waals surface area (Å²) in [6.07, 6.45) is -1.40. The van der Waals surface area contributed by atoms with Crippen LogP contribution in [0.4, 0.5) is 13.2 Å². The maximum atomic E-state index is 13.1. The molecule has 2 rings (SSSR count). The van der Waals surface area contributed by atoms with Crippen LogP contribution in [0.1, 0.15) is 17.5 Å². The molecule has 1 N–H and O–H groups in total. The molecule has 0 bridgehead atoms. The first-order chi connectivity index (χ1) is 10.8. The summed E-state index contributed by atoms with van der Waals surface area (Å²) in [4.78, 5) is 14.6. The number of pyridine rings is 1. The summed E-state index contributed by atoms with van der Waals surface area (Å²) in [6, 6.07) is 5.39. The van der Waals surface area contributed by atoms with Crippen molar-refractivity contribution in [1.82, 2.24) is 4.98 Å². The van der Waals surface area contributed by atoms with Crippen molar-refractivity contribution in [2.45, 2.75) is 19.0 Å². The van der Waals surface area contributed by atoms with Crippen molar-refractivity contribution in [1.29, 1.82) is 0 Å². The molecule has 0 aliphatic heterocycles. The Morgan fingerprint density at radius 2 is 1.96 bits per heavy atom. The van der Waals surface area contributed by atoms with Gasteiger partial charge in [0, 0.05) is 24.4 Å². The van der Waals surface area contributed by atoms with Crippen LogP contribution in [0.2, 0.25) is 0 Å². The number of benzene rings is 1. The summed E-state index contributed by atoms with van der Waals surface area (Å²) in [5.74, 6) is -1.20. The van der Waals surface area contributed by atoms with Gasteiger partial charge in [0.05, 0.1) is 12.7 Å². The number of ether oxygens (including phenoxy) is 1. The Morgan fingerprint density at radius 1 is 1.22 bits per heavy atom. The van der Waals surface area contributed by atoms with Crippen LogP contribution in [0.25, 0.3) is 11.1 Å². The number of alkyl halides is 3. The topological polar surface area (TPSA) is 59.4 Å². The highest BCUT2D eigenvalue weighted by Crippen LogP contribution is 2.38. The van der Waals surface area contributed by atoms with E-state index >= 15 is 0 Å². The van der Waals surface area contributed by atoms with Gasteiger partial charge >= 0.3 is 12.1 Å². The fourth-order valence-corrected chi connectivity index (χ4v) is 2.14. The van der Waals surface area contributed by atoms with Crippen molar-refractivity contribution >= 4 is 5.97 Å². The molecule has 0 amide bonds. The number of carboxylic acids is 1. The van der Waals surface area contributed by atoms with E-state index < -0.39 is 17.7 Å². The number of halogens is 3. The molecule has 122 valence electrons. The van der Waals surface area contributed by atoms with Crippen LogP contribution in [0.3, 0.4) is 0 Å². The predicted molar refractivity (Wildman–Crippen MR) is 77.2 cm³/mol. The van der Waals surface area contributed by atoms with E-state index in [1.807, 2.05) is 0 Å². The Hall–Kier alpha value is -2.57. The maximum absolute atomic E-state index is 13.1. The zero-order valence-corrected chi connectivity index (χ0v) is 12.2. The minimum absolute atomic E-state index is 0.0679. The maximum Gasteiger partial charge on any atom is 0.419 e. The molecule has 23 heavy (non-hydrogen) atoms. The van der Waals surface area contributed by atoms with Crippen LogP contribution in [-0.4, -0.2) is 23.2 Å². The van der Waals surface area contributed by atoms with Gasteiger partial charge in [-0.1, -0.05) is 6.07 Å². The van der Waals surface area contributed by atoms with E-state index in [1.54, 1.807) is 6.07 Å². The number of carbonyl (C=O) groups is 1. The zero-order chi connectivity index (χ0) is 17.0. The van der Waals surface area contributed by atoms with E-state index in [-0.39, 0.29) is 18.6 Å². The second kappa shape index (κ2) is 6.68. The second-order valence-electron chi connectivity index (χ2n) is 4.89. The number of aromatic nitrogens is 1. The number of carboxylic acid groups (broad SMARTS) is 1. The second-order valence-corrected chi connectivity index (χ2v) is 4.89. The van der Waals surface area contributed by atoms with Crippen molar-refractivity contribution in [3.63, 3.8) is 0 Å². The number of nitrogens with zero attached hydrogens (tertiary/aromatic N) is 1. The van der Waals surface area contributed by atoms with E-state index in [1.165, 1.54) is 31.6 Å². The van der Waals surface area contributed by atoms with Gasteiger partial charge in [0.1, 0.15) is 5.75 Å². The number of rotatable bonds is 5. The van der Waals surface area contributed by atoms with Crippen LogP contribution in [-0.2, 0) is 17.4 Å². The third-order valence-corrected chi connectivity index (χ3v) is 3.26. The molecular formula is C16H14F3NO3. The van der Waals surface area contributed by atoms with E-state index in [2.05, 4.69) is 4.98 Å². The first-order valence-corrected chi connectivity index (χ1v) is 6.72. The van der Waals surface area contributed by atoms with Gasteiger partial charge in [0.2, 0.25) is 0 Å². The van der Waals surface area contributed by atoms with E-state index in [4.69, 9.17) is 9.84 Å². The van der Waals surface area contributed by atoms with E-state index in [0.29, 0.717) is 16.7 Å². The van der Waals surface area contributed by atoms with Crippen LogP contribution in [0.15, 0.2) is 36.7 Å². The van der Waals surface area contributed by atoms with Crippen molar-refractivity contribution in [3.05, 3.63) is 47.8 Å². The van der Waals surface area contributed by atoms with Crippen LogP contribution in [0, 0.1) is 0 Å². The Morgan fingerprint density at radius 3 is 2.57 bits per heavy atom. The van der Waals surface area contributed by atoms with Gasteiger partial charge < -0.3 is 9.84 Å². The molecule has 2 aromatic rings. The number of hydrogen-bond donors (Lipinski definition) is 1. The largest absolute Gasteiger partial charge is 0.496 e. The third-order valence-electron chi connectivity index (χ3n) is 3.26. The fourth-order valence-electron chi connectivity index (χ4n) is 2.14. The lowest BCUT2D eigenvalue weighted by Gasteiger charge is -2.13. The summed E-state index contributed by atoms with van der Waals surface area (Å²) >= 11 is 0. The molecule has 1 aromatic heterocycles. The fraction of sp³-hybridized carbons (Fsp3) is 0.250. The summed E-state index contributed by atoms with van der Waals surface area (Å²) in [6.45, 7) is 0. The zero-order valence-electron chi connectivity index (χ0n) is 12.2. The highest BCUT2D eigenvalue weighted by Gasteiger charge is 2.34. The quantitative estimate of drug-likeness (QED) is 0.908. The van der Waals surface area contributed by atoms with Crippen molar-refractivity contribution in [3.8, 4) is 16.9 Å². The molecule has 0 saturated heterocycles. The standard InChI is InChI=1S/C16H14F3NO3/c1-23-14-4-3-11(7-13(14)16(17,18)19)12-6-10(8-20-9-12)2-5-15(21)22/h3-4,6-9H,2,5H2,1H3,(H,21,22). The average Bonchev–Trinajstić information content (AvgIpc) is 2.51. The first kappa shape index (κ1) is 16.8. The molecule has 0 radical (unpaired) electrons. The monoisotopic (exact) mass is 325 g/mol. The summed E-state index contributed by atoms with van der Waals surface area (Å²) < 4.78 is 43.9. The van der Waals surface area contributed by atoms with Crippen molar-refractivity contribution < 1.29 is 27.8 Å². The van der Waals surface area contributed by atoms with Gasteiger partial charge in [-0.15, -0.1) is 0 Å². The van der Waals surface area contributed by atoms with Crippen molar-refractivity contribution in [2.24, 2.45) is 0 Å². The summed E-state index contributed by atoms with van der Waals surface area (Å²) in [7, 11) is 1.18. The molecule has 0 fully saturated rings. The van der Waals surface area contributed by atoms with Crippen LogP contribution < -0.4 is 4.74 Å². The van der Waals surface area contributed by atoms with Gasteiger partial charge in [-0.3, -0.25) is 9.78 Å². The number of aliphatic carboxylic acids is 1. The Bertz CT molecular complexity index is 714. The molecule has 4 nitrogen and oxygen atoms in total. The molecule has 0 aliphatic carbocycles. The lowest BCUT2D eigenvalue weighted by Crippen LogP contribution is -2.07. The Kier molecular flexibility index (Phi) is 4.88. The first-order valence-electron chi connectivity index (χ1n) is 6.72. The molecule has 0 aliphatic rings. The van der Waals surface area contributed by atoms with Crippen LogP contribution in [0.5, 0.6) is 5.75 Å². The SMILES string of the molecule is COc1ccc(-c2cncc(CCC(=O)O)c2)cc1C(F)(F)F. The molecule has 1 heterocycles. The van der Waals surface area contributed by atoms with E-state index in [0.717, 1.165) is 6.07 Å². The minimum atomic E-state index is -4.53. The average molecular weight is 325 g/mol. The predicted octanol–water partition coefficient (Wildman–Crippen LogP) is 3.79. The smallest absolute Gasteiger partial charge is 0.419 e. The lowest BCUT2D eigenvalue weighted by molar-refractivity contribution is -0.139. The van der Waals surface area contributed by atoms with Gasteiger partial charge in [0.15, 0.2) is 0 Å². The number of aryl methyl sites for hydroxylation is 1. The Labute approximate surface area is 130 Å². The highest BCUT2D eigenvalue weighted by atomic mass is 19.4. The molecule has 7 heteroatoms.